The molecule has 9 heteroatoms. The third-order valence-electron chi connectivity index (χ3n) is 4.77. The van der Waals surface area contributed by atoms with Gasteiger partial charge in [0.1, 0.15) is 5.76 Å². The minimum absolute atomic E-state index is 0.0597. The zero-order valence-corrected chi connectivity index (χ0v) is 15.7. The molecule has 0 saturated carbocycles. The van der Waals surface area contributed by atoms with Crippen molar-refractivity contribution in [3.63, 3.8) is 0 Å². The van der Waals surface area contributed by atoms with E-state index in [0.717, 1.165) is 4.90 Å². The van der Waals surface area contributed by atoms with Crippen LogP contribution < -0.4 is 0 Å². The van der Waals surface area contributed by atoms with E-state index in [1.165, 1.54) is 24.3 Å². The van der Waals surface area contributed by atoms with Crippen LogP contribution in [0.5, 0.6) is 0 Å². The van der Waals surface area contributed by atoms with Crippen molar-refractivity contribution < 1.29 is 29.5 Å². The third-order valence-corrected chi connectivity index (χ3v) is 4.77. The van der Waals surface area contributed by atoms with E-state index in [4.69, 9.17) is 5.11 Å². The van der Waals surface area contributed by atoms with Gasteiger partial charge in [-0.3, -0.25) is 24.5 Å². The predicted octanol–water partition coefficient (Wildman–Crippen LogP) is 2.88. The summed E-state index contributed by atoms with van der Waals surface area (Å²) in [6.07, 6.45) is -0.136. The van der Waals surface area contributed by atoms with E-state index < -0.39 is 34.4 Å². The zero-order chi connectivity index (χ0) is 21.8. The van der Waals surface area contributed by atoms with Gasteiger partial charge < -0.3 is 15.1 Å². The van der Waals surface area contributed by atoms with Crippen LogP contribution in [-0.2, 0) is 14.4 Å². The van der Waals surface area contributed by atoms with Crippen LogP contribution in [0, 0.1) is 10.1 Å². The number of likely N-dealkylation sites (tertiary alicyclic amines) is 1. The monoisotopic (exact) mass is 410 g/mol. The summed E-state index contributed by atoms with van der Waals surface area (Å²) >= 11 is 0. The number of nitro groups is 1. The smallest absolute Gasteiger partial charge is 0.303 e. The molecule has 1 fully saturated rings. The van der Waals surface area contributed by atoms with E-state index in [1.54, 1.807) is 30.3 Å². The number of carbonyl (C=O) groups is 3. The Balaban J connectivity index is 2.13. The molecule has 1 heterocycles. The predicted molar refractivity (Wildman–Crippen MR) is 105 cm³/mol. The van der Waals surface area contributed by atoms with Gasteiger partial charge in [-0.25, -0.2) is 0 Å². The van der Waals surface area contributed by atoms with Gasteiger partial charge in [0.2, 0.25) is 0 Å². The second-order valence-corrected chi connectivity index (χ2v) is 6.71. The summed E-state index contributed by atoms with van der Waals surface area (Å²) in [4.78, 5) is 48.0. The van der Waals surface area contributed by atoms with Gasteiger partial charge in [0, 0.05) is 30.7 Å². The van der Waals surface area contributed by atoms with Gasteiger partial charge in [-0.1, -0.05) is 42.5 Å². The molecule has 1 atom stereocenters. The van der Waals surface area contributed by atoms with Crippen LogP contribution in [0.2, 0.25) is 0 Å². The lowest BCUT2D eigenvalue weighted by molar-refractivity contribution is -0.384. The Labute approximate surface area is 171 Å². The SMILES string of the molecule is O=C(O)CCCN1C(=O)C(=O)/C(=C(/O)c2ccccc2)[C@H]1c1cccc([N+](=O)[O-])c1. The lowest BCUT2D eigenvalue weighted by Crippen LogP contribution is -2.31. The van der Waals surface area contributed by atoms with Crippen LogP contribution in [0.3, 0.4) is 0 Å². The molecule has 0 radical (unpaired) electrons. The lowest BCUT2D eigenvalue weighted by Gasteiger charge is -2.25. The number of hydrogen-bond acceptors (Lipinski definition) is 6. The summed E-state index contributed by atoms with van der Waals surface area (Å²) in [6, 6.07) is 12.5. The van der Waals surface area contributed by atoms with Crippen LogP contribution in [0.15, 0.2) is 60.2 Å². The fourth-order valence-corrected chi connectivity index (χ4v) is 3.42. The molecule has 30 heavy (non-hydrogen) atoms. The van der Waals surface area contributed by atoms with Crippen molar-refractivity contribution in [2.45, 2.75) is 18.9 Å². The van der Waals surface area contributed by atoms with Gasteiger partial charge in [0.25, 0.3) is 17.4 Å². The van der Waals surface area contributed by atoms with Crippen molar-refractivity contribution in [3.8, 4) is 0 Å². The van der Waals surface area contributed by atoms with Crippen LogP contribution >= 0.6 is 0 Å². The minimum Gasteiger partial charge on any atom is -0.507 e. The first-order chi connectivity index (χ1) is 14.3. The highest BCUT2D eigenvalue weighted by molar-refractivity contribution is 6.46. The number of benzene rings is 2. The molecular weight excluding hydrogens is 392 g/mol. The Morgan fingerprint density at radius 1 is 1.07 bits per heavy atom. The van der Waals surface area contributed by atoms with Crippen molar-refractivity contribution in [2.75, 3.05) is 6.54 Å². The third kappa shape index (κ3) is 4.04. The number of ketones is 1. The minimum atomic E-state index is -1.07. The molecule has 1 aliphatic heterocycles. The first kappa shape index (κ1) is 20.7. The number of non-ortho nitro benzene ring substituents is 1. The number of aliphatic hydroxyl groups excluding tert-OH is 1. The summed E-state index contributed by atoms with van der Waals surface area (Å²) in [6.45, 7) is -0.0597. The average molecular weight is 410 g/mol. The molecule has 0 aliphatic carbocycles. The van der Waals surface area contributed by atoms with Gasteiger partial charge in [-0.15, -0.1) is 0 Å². The lowest BCUT2D eigenvalue weighted by atomic mass is 9.95. The number of nitro benzene ring substituents is 1. The number of rotatable bonds is 7. The van der Waals surface area contributed by atoms with E-state index in [0.29, 0.717) is 5.56 Å². The van der Waals surface area contributed by atoms with Gasteiger partial charge >= 0.3 is 5.97 Å². The highest BCUT2D eigenvalue weighted by atomic mass is 16.6. The molecule has 9 nitrogen and oxygen atoms in total. The first-order valence-electron chi connectivity index (χ1n) is 9.11. The van der Waals surface area contributed by atoms with Crippen molar-refractivity contribution in [3.05, 3.63) is 81.4 Å². The van der Waals surface area contributed by atoms with Crippen molar-refractivity contribution >= 4 is 29.1 Å². The van der Waals surface area contributed by atoms with E-state index in [1.807, 2.05) is 0 Å². The number of amides is 1. The maximum absolute atomic E-state index is 12.8. The summed E-state index contributed by atoms with van der Waals surface area (Å²) in [5.74, 6) is -3.27. The van der Waals surface area contributed by atoms with Crippen molar-refractivity contribution in [1.82, 2.24) is 4.90 Å². The molecule has 1 aliphatic rings. The maximum atomic E-state index is 12.8. The standard InChI is InChI=1S/C21H18N2O7/c24-16(25)10-5-11-22-18(14-8-4-9-15(12-14)23(29)30)17(20(27)21(22)28)19(26)13-6-2-1-3-7-13/h1-4,6-9,12,18,26H,5,10-11H2,(H,24,25)/b19-17+/t18-/m1/s1. The highest BCUT2D eigenvalue weighted by Gasteiger charge is 2.46. The fourth-order valence-electron chi connectivity index (χ4n) is 3.42. The number of aliphatic carboxylic acids is 1. The van der Waals surface area contributed by atoms with E-state index in [2.05, 4.69) is 0 Å². The van der Waals surface area contributed by atoms with Crippen LogP contribution in [0.25, 0.3) is 5.76 Å². The normalized spacial score (nSPS) is 17.9. The number of nitrogens with zero attached hydrogens (tertiary/aromatic N) is 2. The number of Topliss-reactive ketones (excluding diaryl/α,β-unsaturated/α-hetero) is 1. The maximum Gasteiger partial charge on any atom is 0.303 e. The number of carboxylic acids is 1. The van der Waals surface area contributed by atoms with Gasteiger partial charge in [-0.05, 0) is 12.0 Å². The molecule has 0 spiro atoms. The highest BCUT2D eigenvalue weighted by Crippen LogP contribution is 2.40. The molecular formula is C21H18N2O7. The summed E-state index contributed by atoms with van der Waals surface area (Å²) < 4.78 is 0. The van der Waals surface area contributed by atoms with Crippen molar-refractivity contribution in [2.24, 2.45) is 0 Å². The van der Waals surface area contributed by atoms with E-state index >= 15 is 0 Å². The fraction of sp³-hybridized carbons (Fsp3) is 0.190. The second-order valence-electron chi connectivity index (χ2n) is 6.71. The Bertz CT molecular complexity index is 1050. The number of aliphatic hydroxyl groups is 1. The molecule has 0 bridgehead atoms. The number of hydrogen-bond donors (Lipinski definition) is 2. The molecule has 0 aromatic heterocycles. The Morgan fingerprint density at radius 3 is 2.40 bits per heavy atom. The molecule has 2 aromatic rings. The van der Waals surface area contributed by atoms with Gasteiger partial charge in [-0.2, -0.15) is 0 Å². The van der Waals surface area contributed by atoms with Crippen LogP contribution in [0.4, 0.5) is 5.69 Å². The Hall–Kier alpha value is -4.01. The molecule has 1 amide bonds. The van der Waals surface area contributed by atoms with Crippen LogP contribution in [-0.4, -0.2) is 44.2 Å². The first-order valence-corrected chi connectivity index (χ1v) is 9.11. The Morgan fingerprint density at radius 2 is 1.77 bits per heavy atom. The molecule has 2 N–H and O–H groups in total. The summed E-state index contributed by atoms with van der Waals surface area (Å²) in [7, 11) is 0. The molecule has 3 rings (SSSR count). The molecule has 2 aromatic carbocycles. The van der Waals surface area contributed by atoms with Crippen molar-refractivity contribution in [1.29, 1.82) is 0 Å². The molecule has 154 valence electrons. The van der Waals surface area contributed by atoms with E-state index in [-0.39, 0.29) is 36.2 Å². The quantitative estimate of drug-likeness (QED) is 0.235. The molecule has 1 saturated heterocycles. The molecule has 0 unspecified atom stereocenters. The number of carbonyl (C=O) groups excluding carboxylic acids is 2. The van der Waals surface area contributed by atoms with Gasteiger partial charge in [0.05, 0.1) is 16.5 Å². The largest absolute Gasteiger partial charge is 0.507 e. The Kier molecular flexibility index (Phi) is 5.91. The van der Waals surface area contributed by atoms with Gasteiger partial charge in [0.15, 0.2) is 0 Å². The summed E-state index contributed by atoms with van der Waals surface area (Å²) in [5.41, 5.74) is 0.165. The second kappa shape index (κ2) is 8.56. The topological polar surface area (TPSA) is 138 Å². The summed E-state index contributed by atoms with van der Waals surface area (Å²) in [5, 5.41) is 30.9. The van der Waals surface area contributed by atoms with Crippen LogP contribution in [0.1, 0.15) is 30.0 Å². The van der Waals surface area contributed by atoms with E-state index in [9.17, 15) is 29.6 Å². The average Bonchev–Trinajstić information content (AvgIpc) is 2.98. The number of carboxylic acid groups (broad SMARTS) is 1. The zero-order valence-electron chi connectivity index (χ0n) is 15.7.